The summed E-state index contributed by atoms with van der Waals surface area (Å²) in [6, 6.07) is 3.63. The topological polar surface area (TPSA) is 27.7 Å². The first-order valence-corrected chi connectivity index (χ1v) is 4.55. The van der Waals surface area contributed by atoms with Crippen LogP contribution in [0.15, 0.2) is 12.1 Å². The average molecular weight is 246 g/mol. The van der Waals surface area contributed by atoms with Crippen molar-refractivity contribution in [3.8, 4) is 17.2 Å². The average Bonchev–Trinajstić information content (AvgIpc) is 2.16. The van der Waals surface area contributed by atoms with Crippen LogP contribution in [-0.2, 0) is 0 Å². The molecule has 0 spiro atoms. The fraction of sp³-hybridized carbons (Fsp3) is 0.333. The van der Waals surface area contributed by atoms with E-state index in [0.29, 0.717) is 11.5 Å². The Hall–Kier alpha value is -0.861. The molecule has 0 N–H and O–H groups in total. The first kappa shape index (κ1) is 10.2. The molecule has 0 fully saturated rings. The Morgan fingerprint density at radius 1 is 1.00 bits per heavy atom. The third-order valence-electron chi connectivity index (χ3n) is 1.65. The maximum atomic E-state index is 5.15. The van der Waals surface area contributed by atoms with Crippen molar-refractivity contribution in [3.63, 3.8) is 0 Å². The second-order valence-electron chi connectivity index (χ2n) is 2.36. The zero-order chi connectivity index (χ0) is 9.84. The number of methoxy groups -OCH3 is 3. The summed E-state index contributed by atoms with van der Waals surface area (Å²) in [6.45, 7) is 0. The van der Waals surface area contributed by atoms with Gasteiger partial charge in [0, 0.05) is 0 Å². The van der Waals surface area contributed by atoms with Gasteiger partial charge in [-0.05, 0) is 0 Å². The first-order chi connectivity index (χ1) is 6.22. The fourth-order valence-corrected chi connectivity index (χ4v) is 1.65. The predicted octanol–water partition coefficient (Wildman–Crippen LogP) is 0.506. The van der Waals surface area contributed by atoms with Gasteiger partial charge in [0.1, 0.15) is 0 Å². The van der Waals surface area contributed by atoms with Crippen LogP contribution in [-0.4, -0.2) is 37.3 Å². The minimum absolute atomic E-state index is 0.663. The van der Waals surface area contributed by atoms with Crippen LogP contribution in [0.5, 0.6) is 17.2 Å². The summed E-state index contributed by atoms with van der Waals surface area (Å²) in [5.41, 5.74) is 0. The number of hydrogen-bond acceptors (Lipinski definition) is 3. The van der Waals surface area contributed by atoms with Crippen molar-refractivity contribution in [2.45, 2.75) is 0 Å². The molecule has 3 nitrogen and oxygen atoms in total. The molecule has 4 heteroatoms. The molecule has 0 amide bonds. The number of ether oxygens (including phenoxy) is 3. The van der Waals surface area contributed by atoms with E-state index in [0.717, 1.165) is 10.2 Å². The third kappa shape index (κ3) is 2.08. The van der Waals surface area contributed by atoms with E-state index in [2.05, 4.69) is 16.0 Å². The van der Waals surface area contributed by atoms with Crippen molar-refractivity contribution in [1.29, 1.82) is 0 Å². The van der Waals surface area contributed by atoms with Gasteiger partial charge in [-0.25, -0.2) is 0 Å². The van der Waals surface area contributed by atoms with E-state index in [-0.39, 0.29) is 0 Å². The quantitative estimate of drug-likeness (QED) is 0.727. The Morgan fingerprint density at radius 3 is 2.15 bits per heavy atom. The molecular weight excluding hydrogens is 235 g/mol. The van der Waals surface area contributed by atoms with E-state index in [1.807, 2.05) is 6.07 Å². The molecule has 13 heavy (non-hydrogen) atoms. The summed E-state index contributed by atoms with van der Waals surface area (Å²) in [5, 5.41) is 0. The van der Waals surface area contributed by atoms with Gasteiger partial charge in [0.2, 0.25) is 0 Å². The molecule has 0 saturated carbocycles. The molecular formula is C9H11O3Se. The van der Waals surface area contributed by atoms with Crippen LogP contribution < -0.4 is 18.7 Å². The van der Waals surface area contributed by atoms with Gasteiger partial charge >= 0.3 is 85.4 Å². The Kier molecular flexibility index (Phi) is 3.46. The van der Waals surface area contributed by atoms with Crippen molar-refractivity contribution in [2.75, 3.05) is 21.3 Å². The Morgan fingerprint density at radius 2 is 1.69 bits per heavy atom. The van der Waals surface area contributed by atoms with Crippen LogP contribution in [0.2, 0.25) is 0 Å². The van der Waals surface area contributed by atoms with Gasteiger partial charge in [-0.3, -0.25) is 0 Å². The van der Waals surface area contributed by atoms with Crippen LogP contribution in [0, 0.1) is 0 Å². The van der Waals surface area contributed by atoms with Crippen molar-refractivity contribution in [3.05, 3.63) is 12.1 Å². The zero-order valence-electron chi connectivity index (χ0n) is 7.79. The molecule has 0 aliphatic rings. The molecule has 1 rings (SSSR count). The van der Waals surface area contributed by atoms with E-state index >= 15 is 0 Å². The third-order valence-corrected chi connectivity index (χ3v) is 2.29. The monoisotopic (exact) mass is 247 g/mol. The molecule has 0 saturated heterocycles. The maximum absolute atomic E-state index is 5.15. The molecule has 1 aromatic rings. The molecule has 0 aliphatic carbocycles. The van der Waals surface area contributed by atoms with Crippen LogP contribution >= 0.6 is 0 Å². The van der Waals surface area contributed by atoms with E-state index in [9.17, 15) is 0 Å². The number of rotatable bonds is 3. The molecule has 0 heterocycles. The van der Waals surface area contributed by atoms with Gasteiger partial charge in [-0.15, -0.1) is 0 Å². The van der Waals surface area contributed by atoms with Gasteiger partial charge in [-0.1, -0.05) is 0 Å². The second kappa shape index (κ2) is 4.40. The van der Waals surface area contributed by atoms with E-state index in [1.54, 1.807) is 27.4 Å². The minimum atomic E-state index is 0.663. The molecule has 0 unspecified atom stereocenters. The molecule has 0 aliphatic heterocycles. The fourth-order valence-electron chi connectivity index (χ4n) is 1.02. The summed E-state index contributed by atoms with van der Waals surface area (Å²) in [7, 11) is 4.81. The number of hydrogen-bond donors (Lipinski definition) is 0. The molecule has 1 aromatic carbocycles. The Labute approximate surface area is 85.8 Å². The summed E-state index contributed by atoms with van der Waals surface area (Å²) >= 11 is 2.89. The van der Waals surface area contributed by atoms with Crippen molar-refractivity contribution in [2.24, 2.45) is 0 Å². The molecule has 0 atom stereocenters. The van der Waals surface area contributed by atoms with E-state index in [1.165, 1.54) is 0 Å². The summed E-state index contributed by atoms with van der Waals surface area (Å²) in [6.07, 6.45) is 0. The Balaban J connectivity index is 3.20. The van der Waals surface area contributed by atoms with Crippen molar-refractivity contribution < 1.29 is 14.2 Å². The standard InChI is InChI=1S/C9H11O3Se/c1-10-6-4-7(11-2)9(12-3)8(13)5-6/h4-5H,1-3H3. The molecule has 1 radical (unpaired) electrons. The van der Waals surface area contributed by atoms with Crippen LogP contribution in [0.3, 0.4) is 0 Å². The summed E-state index contributed by atoms with van der Waals surface area (Å²) < 4.78 is 16.2. The summed E-state index contributed by atoms with van der Waals surface area (Å²) in [5.74, 6) is 2.10. The normalized spacial score (nSPS) is 9.46. The first-order valence-electron chi connectivity index (χ1n) is 3.70. The van der Waals surface area contributed by atoms with Crippen LogP contribution in [0.4, 0.5) is 0 Å². The van der Waals surface area contributed by atoms with Gasteiger partial charge in [-0.2, -0.15) is 0 Å². The van der Waals surface area contributed by atoms with Gasteiger partial charge in [0.05, 0.1) is 0 Å². The molecule has 0 aromatic heterocycles. The Bertz CT molecular complexity index is 299. The number of benzene rings is 1. The van der Waals surface area contributed by atoms with Crippen LogP contribution in [0.1, 0.15) is 0 Å². The van der Waals surface area contributed by atoms with Crippen molar-refractivity contribution >= 4 is 20.5 Å². The van der Waals surface area contributed by atoms with Gasteiger partial charge in [0.15, 0.2) is 0 Å². The van der Waals surface area contributed by atoms with Gasteiger partial charge in [0.25, 0.3) is 0 Å². The van der Waals surface area contributed by atoms with E-state index < -0.39 is 0 Å². The second-order valence-corrected chi connectivity index (χ2v) is 3.28. The summed E-state index contributed by atoms with van der Waals surface area (Å²) in [4.78, 5) is 0. The van der Waals surface area contributed by atoms with Crippen LogP contribution in [0.25, 0.3) is 0 Å². The molecule has 0 bridgehead atoms. The zero-order valence-corrected chi connectivity index (χ0v) is 9.50. The predicted molar refractivity (Wildman–Crippen MR) is 51.5 cm³/mol. The van der Waals surface area contributed by atoms with E-state index in [4.69, 9.17) is 14.2 Å². The van der Waals surface area contributed by atoms with Crippen molar-refractivity contribution in [1.82, 2.24) is 0 Å². The molecule has 71 valence electrons. The SMILES string of the molecule is COc1cc([Se])c(OC)c(OC)c1. The van der Waals surface area contributed by atoms with Gasteiger partial charge < -0.3 is 0 Å².